The van der Waals surface area contributed by atoms with Gasteiger partial charge in [0, 0.05) is 12.5 Å². The molecule has 1 fully saturated rings. The number of β-lactam (4-membered cyclic amide) rings is 1. The number of nitrogens with zero attached hydrogens (tertiary/aromatic N) is 1. The minimum absolute atomic E-state index is 0.0453. The Morgan fingerprint density at radius 3 is 2.67 bits per heavy atom. The van der Waals surface area contributed by atoms with Crippen LogP contribution in [0, 0.1) is 5.92 Å². The Morgan fingerprint density at radius 2 is 2.33 bits per heavy atom. The molecule has 0 radical (unpaired) electrons. The highest BCUT2D eigenvalue weighted by atomic mass is 16.4. The lowest BCUT2D eigenvalue weighted by Gasteiger charge is -2.41. The van der Waals surface area contributed by atoms with Gasteiger partial charge in [-0.05, 0) is 5.92 Å². The monoisotopic (exact) mass is 171 g/mol. The van der Waals surface area contributed by atoms with E-state index in [0.29, 0.717) is 12.3 Å². The maximum absolute atomic E-state index is 10.9. The molecular formula is C8H13NO3. The molecule has 0 aromatic heterocycles. The summed E-state index contributed by atoms with van der Waals surface area (Å²) in [4.78, 5) is 22.7. The molecule has 4 nitrogen and oxygen atoms in total. The second kappa shape index (κ2) is 3.13. The summed E-state index contributed by atoms with van der Waals surface area (Å²) in [6, 6.07) is 0.133. The van der Waals surface area contributed by atoms with E-state index in [2.05, 4.69) is 0 Å². The van der Waals surface area contributed by atoms with E-state index in [1.807, 2.05) is 13.8 Å². The number of likely N-dealkylation sites (tertiary alicyclic amines) is 1. The zero-order chi connectivity index (χ0) is 9.30. The van der Waals surface area contributed by atoms with E-state index in [4.69, 9.17) is 5.11 Å². The maximum Gasteiger partial charge on any atom is 0.323 e. The fourth-order valence-electron chi connectivity index (χ4n) is 1.43. The van der Waals surface area contributed by atoms with Crippen LogP contribution in [0.3, 0.4) is 0 Å². The topological polar surface area (TPSA) is 57.6 Å². The summed E-state index contributed by atoms with van der Waals surface area (Å²) in [6.07, 6.45) is 0.505. The molecule has 0 saturated carbocycles. The summed E-state index contributed by atoms with van der Waals surface area (Å²) in [7, 11) is 0. The average Bonchev–Trinajstić information content (AvgIpc) is 1.95. The number of carboxylic acids is 1. The average molecular weight is 171 g/mol. The van der Waals surface area contributed by atoms with Crippen molar-refractivity contribution in [1.29, 1.82) is 0 Å². The van der Waals surface area contributed by atoms with Gasteiger partial charge >= 0.3 is 5.97 Å². The van der Waals surface area contributed by atoms with Crippen molar-refractivity contribution in [2.24, 2.45) is 5.92 Å². The molecule has 1 rings (SSSR count). The van der Waals surface area contributed by atoms with E-state index in [9.17, 15) is 9.59 Å². The van der Waals surface area contributed by atoms with Crippen molar-refractivity contribution in [2.45, 2.75) is 26.3 Å². The van der Waals surface area contributed by atoms with E-state index in [-0.39, 0.29) is 18.5 Å². The number of carbonyl (C=O) groups excluding carboxylic acids is 1. The van der Waals surface area contributed by atoms with Gasteiger partial charge in [0.05, 0.1) is 0 Å². The van der Waals surface area contributed by atoms with Crippen LogP contribution in [0.25, 0.3) is 0 Å². The molecule has 1 saturated heterocycles. The van der Waals surface area contributed by atoms with E-state index in [1.54, 1.807) is 0 Å². The van der Waals surface area contributed by atoms with Crippen LogP contribution in [0.4, 0.5) is 0 Å². The molecule has 1 aliphatic heterocycles. The molecule has 4 heteroatoms. The molecule has 1 aliphatic rings. The SMILES string of the molecule is CC(C)C1CC(=O)N1CC(=O)O. The van der Waals surface area contributed by atoms with Gasteiger partial charge in [0.25, 0.3) is 0 Å². The minimum atomic E-state index is -0.936. The second-order valence-corrected chi connectivity index (χ2v) is 3.43. The summed E-state index contributed by atoms with van der Waals surface area (Å²) in [5, 5.41) is 8.47. The highest BCUT2D eigenvalue weighted by Crippen LogP contribution is 2.24. The van der Waals surface area contributed by atoms with E-state index in [0.717, 1.165) is 0 Å². The first-order chi connectivity index (χ1) is 5.52. The van der Waals surface area contributed by atoms with Gasteiger partial charge in [-0.3, -0.25) is 9.59 Å². The molecular weight excluding hydrogens is 158 g/mol. The summed E-state index contributed by atoms with van der Waals surface area (Å²) in [6.45, 7) is 3.83. The van der Waals surface area contributed by atoms with Crippen molar-refractivity contribution >= 4 is 11.9 Å². The number of carbonyl (C=O) groups is 2. The standard InChI is InChI=1S/C8H13NO3/c1-5(2)6-3-7(10)9(6)4-8(11)12/h5-6H,3-4H2,1-2H3,(H,11,12). The molecule has 0 aromatic carbocycles. The van der Waals surface area contributed by atoms with Gasteiger partial charge < -0.3 is 10.0 Å². The molecule has 1 amide bonds. The molecule has 1 heterocycles. The third kappa shape index (κ3) is 1.57. The molecule has 0 spiro atoms. The number of rotatable bonds is 3. The predicted molar refractivity (Wildman–Crippen MR) is 42.6 cm³/mol. The largest absolute Gasteiger partial charge is 0.480 e. The Morgan fingerprint density at radius 1 is 1.75 bits per heavy atom. The Labute approximate surface area is 71.2 Å². The molecule has 0 bridgehead atoms. The van der Waals surface area contributed by atoms with Crippen LogP contribution in [0.5, 0.6) is 0 Å². The van der Waals surface area contributed by atoms with Crippen molar-refractivity contribution in [3.8, 4) is 0 Å². The van der Waals surface area contributed by atoms with Crippen molar-refractivity contribution in [1.82, 2.24) is 4.90 Å². The van der Waals surface area contributed by atoms with Crippen LogP contribution in [-0.4, -0.2) is 34.5 Å². The lowest BCUT2D eigenvalue weighted by Crippen LogP contribution is -2.56. The zero-order valence-corrected chi connectivity index (χ0v) is 7.28. The van der Waals surface area contributed by atoms with E-state index >= 15 is 0 Å². The van der Waals surface area contributed by atoms with Gasteiger partial charge in [0.1, 0.15) is 6.54 Å². The van der Waals surface area contributed by atoms with Gasteiger partial charge in [0.15, 0.2) is 0 Å². The van der Waals surface area contributed by atoms with Crippen LogP contribution in [0.2, 0.25) is 0 Å². The lowest BCUT2D eigenvalue weighted by molar-refractivity contribution is -0.156. The number of hydrogen-bond donors (Lipinski definition) is 1. The maximum atomic E-state index is 10.9. The quantitative estimate of drug-likeness (QED) is 0.622. The Balaban J connectivity index is 2.50. The van der Waals surface area contributed by atoms with Crippen molar-refractivity contribution in [3.05, 3.63) is 0 Å². The Hall–Kier alpha value is -1.06. The zero-order valence-electron chi connectivity index (χ0n) is 7.28. The van der Waals surface area contributed by atoms with Crippen molar-refractivity contribution in [3.63, 3.8) is 0 Å². The minimum Gasteiger partial charge on any atom is -0.480 e. The van der Waals surface area contributed by atoms with E-state index in [1.165, 1.54) is 4.90 Å². The third-order valence-corrected chi connectivity index (χ3v) is 2.18. The Kier molecular flexibility index (Phi) is 2.35. The summed E-state index contributed by atoms with van der Waals surface area (Å²) >= 11 is 0. The van der Waals surface area contributed by atoms with Crippen LogP contribution >= 0.6 is 0 Å². The van der Waals surface area contributed by atoms with Gasteiger partial charge in [-0.15, -0.1) is 0 Å². The first-order valence-corrected chi connectivity index (χ1v) is 4.03. The fourth-order valence-corrected chi connectivity index (χ4v) is 1.43. The molecule has 1 atom stereocenters. The number of carboxylic acid groups (broad SMARTS) is 1. The summed E-state index contributed by atoms with van der Waals surface area (Å²) in [5.41, 5.74) is 0. The number of aliphatic carboxylic acids is 1. The first-order valence-electron chi connectivity index (χ1n) is 4.03. The molecule has 68 valence electrons. The molecule has 1 N–H and O–H groups in total. The van der Waals surface area contributed by atoms with Gasteiger partial charge in [0.2, 0.25) is 5.91 Å². The molecule has 12 heavy (non-hydrogen) atoms. The summed E-state index contributed by atoms with van der Waals surface area (Å²) < 4.78 is 0. The van der Waals surface area contributed by atoms with Gasteiger partial charge in [-0.1, -0.05) is 13.8 Å². The second-order valence-electron chi connectivity index (χ2n) is 3.43. The van der Waals surface area contributed by atoms with Crippen LogP contribution in [0.15, 0.2) is 0 Å². The van der Waals surface area contributed by atoms with Crippen molar-refractivity contribution < 1.29 is 14.7 Å². The third-order valence-electron chi connectivity index (χ3n) is 2.18. The smallest absolute Gasteiger partial charge is 0.323 e. The Bertz CT molecular complexity index is 212. The predicted octanol–water partition coefficient (Wildman–Crippen LogP) is 0.328. The first kappa shape index (κ1) is 9.03. The number of amides is 1. The van der Waals surface area contributed by atoms with Crippen LogP contribution in [-0.2, 0) is 9.59 Å². The molecule has 1 unspecified atom stereocenters. The highest BCUT2D eigenvalue weighted by Gasteiger charge is 2.38. The van der Waals surface area contributed by atoms with Crippen molar-refractivity contribution in [2.75, 3.05) is 6.54 Å². The van der Waals surface area contributed by atoms with Crippen LogP contribution in [0.1, 0.15) is 20.3 Å². The molecule has 0 aliphatic carbocycles. The highest BCUT2D eigenvalue weighted by molar-refractivity contribution is 5.86. The lowest BCUT2D eigenvalue weighted by atomic mass is 9.91. The molecule has 0 aromatic rings. The fraction of sp³-hybridized carbons (Fsp3) is 0.750. The van der Waals surface area contributed by atoms with Crippen LogP contribution < -0.4 is 0 Å². The number of hydrogen-bond acceptors (Lipinski definition) is 2. The van der Waals surface area contributed by atoms with Gasteiger partial charge in [-0.2, -0.15) is 0 Å². The van der Waals surface area contributed by atoms with Gasteiger partial charge in [-0.25, -0.2) is 0 Å². The summed E-state index contributed by atoms with van der Waals surface area (Å²) in [5.74, 6) is -0.633. The van der Waals surface area contributed by atoms with E-state index < -0.39 is 5.97 Å². The normalized spacial score (nSPS) is 22.8.